The molecule has 140 valence electrons. The third-order valence-corrected chi connectivity index (χ3v) is 5.43. The van der Waals surface area contributed by atoms with E-state index in [1.165, 1.54) is 6.07 Å². The molecule has 3 aromatic heterocycles. The maximum atomic E-state index is 12.6. The second kappa shape index (κ2) is 6.83. The fourth-order valence-electron chi connectivity index (χ4n) is 3.84. The molecule has 0 amide bonds. The number of nitrogens with one attached hydrogen (secondary N) is 1. The molecule has 0 saturated carbocycles. The van der Waals surface area contributed by atoms with Gasteiger partial charge in [-0.1, -0.05) is 48.0 Å². The minimum absolute atomic E-state index is 0.0573. The number of pyridine rings is 3. The SMILES string of the molecule is Cc1c(-c2cc(Cl)c3ncccc3c2)c(-c2ccccc2)nc2[nH]ccc(=O)c12. The Balaban J connectivity index is 1.93. The van der Waals surface area contributed by atoms with Gasteiger partial charge in [-0.2, -0.15) is 0 Å². The molecule has 0 bridgehead atoms. The number of aromatic nitrogens is 3. The van der Waals surface area contributed by atoms with Crippen LogP contribution in [0.1, 0.15) is 5.56 Å². The minimum atomic E-state index is -0.0573. The van der Waals surface area contributed by atoms with Gasteiger partial charge in [0.1, 0.15) is 5.65 Å². The fraction of sp³-hybridized carbons (Fsp3) is 0.0417. The first-order valence-electron chi connectivity index (χ1n) is 9.25. The van der Waals surface area contributed by atoms with Gasteiger partial charge in [0.25, 0.3) is 0 Å². The summed E-state index contributed by atoms with van der Waals surface area (Å²) < 4.78 is 0. The van der Waals surface area contributed by atoms with Gasteiger partial charge in [-0.15, -0.1) is 0 Å². The molecule has 5 rings (SSSR count). The fourth-order valence-corrected chi connectivity index (χ4v) is 4.12. The second-order valence-corrected chi connectivity index (χ2v) is 7.33. The summed E-state index contributed by atoms with van der Waals surface area (Å²) in [5, 5.41) is 2.10. The molecule has 5 aromatic rings. The lowest BCUT2D eigenvalue weighted by atomic mass is 9.92. The molecular weight excluding hydrogens is 382 g/mol. The summed E-state index contributed by atoms with van der Waals surface area (Å²) in [5.74, 6) is 0. The van der Waals surface area contributed by atoms with Gasteiger partial charge in [0.2, 0.25) is 0 Å². The number of hydrogen-bond donors (Lipinski definition) is 1. The van der Waals surface area contributed by atoms with Gasteiger partial charge >= 0.3 is 0 Å². The van der Waals surface area contributed by atoms with E-state index >= 15 is 0 Å². The van der Waals surface area contributed by atoms with Gasteiger partial charge in [-0.3, -0.25) is 9.78 Å². The predicted octanol–water partition coefficient (Wildman–Crippen LogP) is 5.77. The maximum absolute atomic E-state index is 12.6. The van der Waals surface area contributed by atoms with E-state index in [-0.39, 0.29) is 5.43 Å². The van der Waals surface area contributed by atoms with Gasteiger partial charge in [-0.05, 0) is 36.2 Å². The quantitative estimate of drug-likeness (QED) is 0.411. The normalized spacial score (nSPS) is 11.2. The third-order valence-electron chi connectivity index (χ3n) is 5.14. The van der Waals surface area contributed by atoms with Crippen molar-refractivity contribution in [2.75, 3.05) is 0 Å². The number of hydrogen-bond acceptors (Lipinski definition) is 3. The van der Waals surface area contributed by atoms with Crippen LogP contribution >= 0.6 is 11.6 Å². The first-order valence-corrected chi connectivity index (χ1v) is 9.63. The lowest BCUT2D eigenvalue weighted by molar-refractivity contribution is 1.26. The molecule has 0 atom stereocenters. The molecule has 1 N–H and O–H groups in total. The summed E-state index contributed by atoms with van der Waals surface area (Å²) in [4.78, 5) is 24.9. The molecule has 4 nitrogen and oxygen atoms in total. The average molecular weight is 398 g/mol. The number of aryl methyl sites for hydroxylation is 1. The highest BCUT2D eigenvalue weighted by Crippen LogP contribution is 2.38. The molecule has 29 heavy (non-hydrogen) atoms. The van der Waals surface area contributed by atoms with Gasteiger partial charge in [-0.25, -0.2) is 4.98 Å². The Morgan fingerprint density at radius 3 is 2.62 bits per heavy atom. The Kier molecular flexibility index (Phi) is 4.14. The third kappa shape index (κ3) is 2.89. The number of halogens is 1. The van der Waals surface area contributed by atoms with Crippen molar-refractivity contribution in [3.8, 4) is 22.4 Å². The van der Waals surface area contributed by atoms with Crippen LogP contribution in [0.25, 0.3) is 44.3 Å². The molecule has 0 saturated heterocycles. The average Bonchev–Trinajstić information content (AvgIpc) is 2.74. The van der Waals surface area contributed by atoms with E-state index in [0.717, 1.165) is 38.9 Å². The number of fused-ring (bicyclic) bond motifs is 2. The van der Waals surface area contributed by atoms with Gasteiger partial charge in [0, 0.05) is 35.0 Å². The molecule has 0 radical (unpaired) electrons. The highest BCUT2D eigenvalue weighted by molar-refractivity contribution is 6.35. The summed E-state index contributed by atoms with van der Waals surface area (Å²) in [7, 11) is 0. The minimum Gasteiger partial charge on any atom is -0.346 e. The molecule has 2 aromatic carbocycles. The van der Waals surface area contributed by atoms with Crippen LogP contribution in [0, 0.1) is 6.92 Å². The molecule has 3 heterocycles. The summed E-state index contributed by atoms with van der Waals surface area (Å²) in [6, 6.07) is 19.3. The van der Waals surface area contributed by atoms with Crippen molar-refractivity contribution in [1.29, 1.82) is 0 Å². The van der Waals surface area contributed by atoms with Crippen LogP contribution in [0.4, 0.5) is 0 Å². The first-order chi connectivity index (χ1) is 14.1. The van der Waals surface area contributed by atoms with Crippen molar-refractivity contribution in [3.63, 3.8) is 0 Å². The molecule has 0 aliphatic heterocycles. The number of rotatable bonds is 2. The lowest BCUT2D eigenvalue weighted by Crippen LogP contribution is -2.06. The lowest BCUT2D eigenvalue weighted by Gasteiger charge is -2.16. The van der Waals surface area contributed by atoms with E-state index in [1.54, 1.807) is 12.4 Å². The second-order valence-electron chi connectivity index (χ2n) is 6.93. The van der Waals surface area contributed by atoms with Gasteiger partial charge < -0.3 is 4.98 Å². The highest BCUT2D eigenvalue weighted by Gasteiger charge is 2.18. The van der Waals surface area contributed by atoms with E-state index in [0.29, 0.717) is 16.1 Å². The number of nitrogens with zero attached hydrogens (tertiary/aromatic N) is 2. The molecule has 0 aliphatic rings. The van der Waals surface area contributed by atoms with E-state index in [4.69, 9.17) is 16.6 Å². The van der Waals surface area contributed by atoms with Crippen molar-refractivity contribution in [1.82, 2.24) is 15.0 Å². The van der Waals surface area contributed by atoms with Crippen LogP contribution in [0.2, 0.25) is 5.02 Å². The smallest absolute Gasteiger partial charge is 0.191 e. The zero-order valence-electron chi connectivity index (χ0n) is 15.6. The van der Waals surface area contributed by atoms with Crippen LogP contribution in [0.5, 0.6) is 0 Å². The number of aromatic amines is 1. The summed E-state index contributed by atoms with van der Waals surface area (Å²) in [6.45, 7) is 1.96. The topological polar surface area (TPSA) is 58.6 Å². The van der Waals surface area contributed by atoms with Crippen molar-refractivity contribution < 1.29 is 0 Å². The van der Waals surface area contributed by atoms with Crippen molar-refractivity contribution in [3.05, 3.63) is 93.9 Å². The van der Waals surface area contributed by atoms with Crippen LogP contribution in [-0.2, 0) is 0 Å². The van der Waals surface area contributed by atoms with E-state index in [1.807, 2.05) is 61.5 Å². The van der Waals surface area contributed by atoms with Crippen molar-refractivity contribution >= 4 is 33.5 Å². The standard InChI is InChI=1S/C24H16ClN3O/c1-14-20(17-12-16-8-5-10-26-22(16)18(25)13-17)23(15-6-3-2-4-7-15)28-24-21(14)19(29)9-11-27-24/h2-13H,1H3,(H,27,28,29). The molecular formula is C24H16ClN3O. The zero-order valence-corrected chi connectivity index (χ0v) is 16.4. The summed E-state index contributed by atoms with van der Waals surface area (Å²) in [5.41, 5.74) is 5.72. The van der Waals surface area contributed by atoms with E-state index in [2.05, 4.69) is 9.97 Å². The van der Waals surface area contributed by atoms with E-state index < -0.39 is 0 Å². The molecule has 0 spiro atoms. The largest absolute Gasteiger partial charge is 0.346 e. The van der Waals surface area contributed by atoms with Crippen LogP contribution in [-0.4, -0.2) is 15.0 Å². The van der Waals surface area contributed by atoms with Crippen LogP contribution in [0.3, 0.4) is 0 Å². The summed E-state index contributed by atoms with van der Waals surface area (Å²) >= 11 is 6.56. The molecule has 0 unspecified atom stereocenters. The molecule has 5 heteroatoms. The monoisotopic (exact) mass is 397 g/mol. The molecule has 0 fully saturated rings. The Labute approximate surface area is 171 Å². The Morgan fingerprint density at radius 1 is 0.966 bits per heavy atom. The first kappa shape index (κ1) is 17.6. The van der Waals surface area contributed by atoms with Gasteiger partial charge in [0.15, 0.2) is 5.43 Å². The Morgan fingerprint density at radius 2 is 1.79 bits per heavy atom. The highest BCUT2D eigenvalue weighted by atomic mass is 35.5. The molecule has 0 aliphatic carbocycles. The zero-order chi connectivity index (χ0) is 20.0. The maximum Gasteiger partial charge on any atom is 0.191 e. The van der Waals surface area contributed by atoms with E-state index in [9.17, 15) is 4.79 Å². The Hall–Kier alpha value is -3.50. The number of H-pyrrole nitrogens is 1. The predicted molar refractivity (Wildman–Crippen MR) is 118 cm³/mol. The van der Waals surface area contributed by atoms with Crippen LogP contribution < -0.4 is 5.43 Å². The van der Waals surface area contributed by atoms with Crippen molar-refractivity contribution in [2.24, 2.45) is 0 Å². The number of benzene rings is 2. The Bertz CT molecular complexity index is 1440. The summed E-state index contributed by atoms with van der Waals surface area (Å²) in [6.07, 6.45) is 3.36. The van der Waals surface area contributed by atoms with Crippen LogP contribution in [0.15, 0.2) is 77.9 Å². The van der Waals surface area contributed by atoms with Gasteiger partial charge in [0.05, 0.1) is 21.6 Å². The van der Waals surface area contributed by atoms with Crippen molar-refractivity contribution in [2.45, 2.75) is 6.92 Å².